The van der Waals surface area contributed by atoms with Crippen LogP contribution in [-0.4, -0.2) is 18.5 Å². The fourth-order valence-electron chi connectivity index (χ4n) is 2.28. The Morgan fingerprint density at radius 3 is 2.42 bits per heavy atom. The number of anilines is 1. The minimum absolute atomic E-state index is 0.378. The summed E-state index contributed by atoms with van der Waals surface area (Å²) in [5.41, 5.74) is 0.880. The molecule has 120 valence electrons. The zero-order valence-electron chi connectivity index (χ0n) is 12.7. The van der Waals surface area contributed by atoms with Gasteiger partial charge in [0.1, 0.15) is 0 Å². The molecule has 0 radical (unpaired) electrons. The maximum absolute atomic E-state index is 12.1. The average molecular weight is 340 g/mol. The van der Waals surface area contributed by atoms with Crippen molar-refractivity contribution in [2.24, 2.45) is 0 Å². The summed E-state index contributed by atoms with van der Waals surface area (Å²) in [6.45, 7) is -0.378. The maximum Gasteiger partial charge on any atom is 0.338 e. The fraction of sp³-hybridized carbons (Fsp3) is 0.0526. The number of hydrogen-bond acceptors (Lipinski definition) is 3. The number of esters is 1. The van der Waals surface area contributed by atoms with E-state index in [0.717, 1.165) is 10.8 Å². The lowest BCUT2D eigenvalue weighted by Gasteiger charge is -2.08. The third-order valence-electron chi connectivity index (χ3n) is 3.47. The number of hydrogen-bond donors (Lipinski definition) is 1. The van der Waals surface area contributed by atoms with Crippen LogP contribution < -0.4 is 5.32 Å². The van der Waals surface area contributed by atoms with Crippen molar-refractivity contribution in [3.05, 3.63) is 77.3 Å². The number of ether oxygens (including phenoxy) is 1. The van der Waals surface area contributed by atoms with E-state index in [1.54, 1.807) is 36.4 Å². The van der Waals surface area contributed by atoms with E-state index in [4.69, 9.17) is 16.3 Å². The normalized spacial score (nSPS) is 10.4. The summed E-state index contributed by atoms with van der Waals surface area (Å²) in [6.07, 6.45) is 0. The van der Waals surface area contributed by atoms with E-state index in [1.807, 2.05) is 30.3 Å². The van der Waals surface area contributed by atoms with Gasteiger partial charge in [-0.3, -0.25) is 4.79 Å². The molecule has 0 spiro atoms. The number of nitrogens with one attached hydrogen (secondary N) is 1. The summed E-state index contributed by atoms with van der Waals surface area (Å²) < 4.78 is 5.06. The number of rotatable bonds is 4. The number of halogens is 1. The van der Waals surface area contributed by atoms with Crippen molar-refractivity contribution in [1.29, 1.82) is 0 Å². The summed E-state index contributed by atoms with van der Waals surface area (Å²) in [7, 11) is 0. The van der Waals surface area contributed by atoms with Crippen LogP contribution in [0, 0.1) is 0 Å². The second kappa shape index (κ2) is 7.15. The SMILES string of the molecule is O=C(COC(=O)c1ccc2ccccc2c1)Nc1ccccc1Cl. The van der Waals surface area contributed by atoms with Crippen LogP contribution >= 0.6 is 11.6 Å². The van der Waals surface area contributed by atoms with Crippen LogP contribution in [0.2, 0.25) is 5.02 Å². The molecule has 0 bridgehead atoms. The first-order chi connectivity index (χ1) is 11.6. The number of carbonyl (C=O) groups excluding carboxylic acids is 2. The first kappa shape index (κ1) is 16.0. The Labute approximate surface area is 144 Å². The lowest BCUT2D eigenvalue weighted by molar-refractivity contribution is -0.119. The van der Waals surface area contributed by atoms with Gasteiger partial charge in [-0.15, -0.1) is 0 Å². The second-order valence-corrected chi connectivity index (χ2v) is 5.57. The van der Waals surface area contributed by atoms with E-state index in [9.17, 15) is 9.59 Å². The lowest BCUT2D eigenvalue weighted by Crippen LogP contribution is -2.21. The smallest absolute Gasteiger partial charge is 0.338 e. The Kier molecular flexibility index (Phi) is 4.77. The van der Waals surface area contributed by atoms with Crippen LogP contribution in [0.3, 0.4) is 0 Å². The van der Waals surface area contributed by atoms with Gasteiger partial charge >= 0.3 is 5.97 Å². The Balaban J connectivity index is 1.62. The molecule has 3 rings (SSSR count). The summed E-state index contributed by atoms with van der Waals surface area (Å²) in [5.74, 6) is -0.993. The summed E-state index contributed by atoms with van der Waals surface area (Å²) in [6, 6.07) is 19.8. The third kappa shape index (κ3) is 3.73. The molecule has 0 saturated carbocycles. The van der Waals surface area contributed by atoms with Crippen molar-refractivity contribution in [1.82, 2.24) is 0 Å². The molecule has 0 aliphatic carbocycles. The van der Waals surface area contributed by atoms with Gasteiger partial charge < -0.3 is 10.1 Å². The van der Waals surface area contributed by atoms with Gasteiger partial charge in [-0.1, -0.05) is 54.1 Å². The average Bonchev–Trinajstić information content (AvgIpc) is 2.61. The minimum atomic E-state index is -0.546. The van der Waals surface area contributed by atoms with E-state index in [2.05, 4.69) is 5.32 Å². The van der Waals surface area contributed by atoms with Crippen molar-refractivity contribution >= 4 is 39.9 Å². The number of para-hydroxylation sites is 1. The van der Waals surface area contributed by atoms with E-state index >= 15 is 0 Å². The van der Waals surface area contributed by atoms with Crippen molar-refractivity contribution in [3.8, 4) is 0 Å². The Morgan fingerprint density at radius 1 is 0.917 bits per heavy atom. The topological polar surface area (TPSA) is 55.4 Å². The molecule has 0 aromatic heterocycles. The molecule has 0 heterocycles. The summed E-state index contributed by atoms with van der Waals surface area (Å²) >= 11 is 5.96. The molecular weight excluding hydrogens is 326 g/mol. The quantitative estimate of drug-likeness (QED) is 0.721. The van der Waals surface area contributed by atoms with Crippen LogP contribution in [0.25, 0.3) is 10.8 Å². The molecule has 0 atom stereocenters. The Bertz CT molecular complexity index is 908. The molecule has 3 aromatic rings. The molecule has 0 fully saturated rings. The highest BCUT2D eigenvalue weighted by Crippen LogP contribution is 2.20. The van der Waals surface area contributed by atoms with Crippen molar-refractivity contribution in [3.63, 3.8) is 0 Å². The number of amides is 1. The molecule has 0 unspecified atom stereocenters. The lowest BCUT2D eigenvalue weighted by atomic mass is 10.1. The van der Waals surface area contributed by atoms with E-state index in [0.29, 0.717) is 16.3 Å². The molecule has 1 amide bonds. The Hall–Kier alpha value is -2.85. The molecule has 0 saturated heterocycles. The van der Waals surface area contributed by atoms with Gasteiger partial charge in [-0.25, -0.2) is 4.79 Å². The van der Waals surface area contributed by atoms with Gasteiger partial charge in [-0.05, 0) is 35.0 Å². The largest absolute Gasteiger partial charge is 0.452 e. The maximum atomic E-state index is 12.1. The van der Waals surface area contributed by atoms with Crippen LogP contribution in [0.5, 0.6) is 0 Å². The van der Waals surface area contributed by atoms with Crippen molar-refractivity contribution in [2.45, 2.75) is 0 Å². The second-order valence-electron chi connectivity index (χ2n) is 5.17. The molecule has 0 aliphatic rings. The van der Waals surface area contributed by atoms with Gasteiger partial charge in [0.15, 0.2) is 6.61 Å². The van der Waals surface area contributed by atoms with Gasteiger partial charge in [0.2, 0.25) is 0 Å². The van der Waals surface area contributed by atoms with Crippen LogP contribution in [-0.2, 0) is 9.53 Å². The Morgan fingerprint density at radius 2 is 1.62 bits per heavy atom. The number of carbonyl (C=O) groups is 2. The van der Waals surface area contributed by atoms with Crippen LogP contribution in [0.4, 0.5) is 5.69 Å². The first-order valence-corrected chi connectivity index (χ1v) is 7.71. The fourth-order valence-corrected chi connectivity index (χ4v) is 2.46. The standard InChI is InChI=1S/C19H14ClNO3/c20-16-7-3-4-8-17(16)21-18(22)12-24-19(23)15-10-9-13-5-1-2-6-14(13)11-15/h1-11H,12H2,(H,21,22). The van der Waals surface area contributed by atoms with E-state index in [1.165, 1.54) is 0 Å². The number of fused-ring (bicyclic) bond motifs is 1. The first-order valence-electron chi connectivity index (χ1n) is 7.34. The highest BCUT2D eigenvalue weighted by molar-refractivity contribution is 6.33. The minimum Gasteiger partial charge on any atom is -0.452 e. The van der Waals surface area contributed by atoms with Gasteiger partial charge in [0.25, 0.3) is 5.91 Å². The zero-order valence-corrected chi connectivity index (χ0v) is 13.4. The monoisotopic (exact) mass is 339 g/mol. The van der Waals surface area contributed by atoms with Gasteiger partial charge in [0, 0.05) is 0 Å². The molecular formula is C19H14ClNO3. The molecule has 5 heteroatoms. The highest BCUT2D eigenvalue weighted by atomic mass is 35.5. The van der Waals surface area contributed by atoms with E-state index in [-0.39, 0.29) is 6.61 Å². The van der Waals surface area contributed by atoms with Crippen LogP contribution in [0.15, 0.2) is 66.7 Å². The number of benzene rings is 3. The van der Waals surface area contributed by atoms with Crippen molar-refractivity contribution < 1.29 is 14.3 Å². The summed E-state index contributed by atoms with van der Waals surface area (Å²) in [5, 5.41) is 4.99. The predicted molar refractivity (Wildman–Crippen MR) is 94.3 cm³/mol. The predicted octanol–water partition coefficient (Wildman–Crippen LogP) is 4.29. The van der Waals surface area contributed by atoms with Gasteiger partial charge in [-0.2, -0.15) is 0 Å². The van der Waals surface area contributed by atoms with E-state index < -0.39 is 11.9 Å². The third-order valence-corrected chi connectivity index (χ3v) is 3.80. The highest BCUT2D eigenvalue weighted by Gasteiger charge is 2.11. The van der Waals surface area contributed by atoms with Crippen LogP contribution in [0.1, 0.15) is 10.4 Å². The van der Waals surface area contributed by atoms with Gasteiger partial charge in [0.05, 0.1) is 16.3 Å². The summed E-state index contributed by atoms with van der Waals surface area (Å²) in [4.78, 5) is 23.9. The van der Waals surface area contributed by atoms with Crippen molar-refractivity contribution in [2.75, 3.05) is 11.9 Å². The molecule has 1 N–H and O–H groups in total. The molecule has 3 aromatic carbocycles. The zero-order chi connectivity index (χ0) is 16.9. The molecule has 0 aliphatic heterocycles. The molecule has 4 nitrogen and oxygen atoms in total. The molecule has 24 heavy (non-hydrogen) atoms.